The fourth-order valence-corrected chi connectivity index (χ4v) is 4.18. The molecule has 0 aliphatic rings. The number of nitrogens with zero attached hydrogens (tertiary/aromatic N) is 1. The number of phosphoric ester groups is 1. The average Bonchev–Trinajstić information content (AvgIpc) is 2.77. The van der Waals surface area contributed by atoms with Crippen molar-refractivity contribution in [3.63, 3.8) is 0 Å². The molecule has 2 atom stereocenters. The van der Waals surface area contributed by atoms with Gasteiger partial charge in [-0.2, -0.15) is 0 Å². The van der Waals surface area contributed by atoms with Crippen molar-refractivity contribution >= 4 is 7.82 Å². The Kier molecular flexibility index (Phi) is 21.0. The minimum absolute atomic E-state index is 0.0602. The highest BCUT2D eigenvalue weighted by Crippen LogP contribution is 2.43. The highest BCUT2D eigenvalue weighted by atomic mass is 31.2. The Morgan fingerprint density at radius 3 is 1.84 bits per heavy atom. The van der Waals surface area contributed by atoms with Crippen LogP contribution in [0.5, 0.6) is 0 Å². The van der Waals surface area contributed by atoms with E-state index in [-0.39, 0.29) is 13.2 Å². The molecule has 0 rings (SSSR count). The Morgan fingerprint density at radius 2 is 1.32 bits per heavy atom. The van der Waals surface area contributed by atoms with Crippen molar-refractivity contribution in [3.8, 4) is 0 Å². The first kappa shape index (κ1) is 36.5. The van der Waals surface area contributed by atoms with E-state index >= 15 is 0 Å². The molecule has 0 saturated heterocycles. The molecular formula is C29H59NO6P+. The van der Waals surface area contributed by atoms with Crippen LogP contribution in [0, 0.1) is 0 Å². The number of unbranched alkanes of at least 4 members (excludes halogenated alkanes) is 8. The van der Waals surface area contributed by atoms with Gasteiger partial charge >= 0.3 is 7.82 Å². The van der Waals surface area contributed by atoms with Crippen LogP contribution in [0.1, 0.15) is 98.3 Å². The van der Waals surface area contributed by atoms with E-state index in [2.05, 4.69) is 31.2 Å². The van der Waals surface area contributed by atoms with E-state index in [9.17, 15) is 9.46 Å². The first-order valence-corrected chi connectivity index (χ1v) is 15.8. The van der Waals surface area contributed by atoms with Gasteiger partial charge in [0.05, 0.1) is 40.0 Å². The van der Waals surface area contributed by atoms with Gasteiger partial charge < -0.3 is 18.9 Å². The third-order valence-corrected chi connectivity index (χ3v) is 6.46. The van der Waals surface area contributed by atoms with Gasteiger partial charge in [0.2, 0.25) is 0 Å². The summed E-state index contributed by atoms with van der Waals surface area (Å²) in [5, 5.41) is 0. The topological polar surface area (TPSA) is 74.2 Å². The maximum Gasteiger partial charge on any atom is 0.472 e. The Hall–Kier alpha value is -0.530. The predicted octanol–water partition coefficient (Wildman–Crippen LogP) is 7.45. The molecule has 0 fully saturated rings. The molecule has 0 saturated carbocycles. The van der Waals surface area contributed by atoms with E-state index in [0.717, 1.165) is 25.7 Å². The second kappa shape index (κ2) is 21.3. The third-order valence-electron chi connectivity index (χ3n) is 5.47. The van der Waals surface area contributed by atoms with Crippen LogP contribution in [0.15, 0.2) is 24.3 Å². The minimum Gasteiger partial charge on any atom is -0.379 e. The Morgan fingerprint density at radius 1 is 0.784 bits per heavy atom. The number of allylic oxidation sites excluding steroid dienone is 4. The third kappa shape index (κ3) is 28.3. The van der Waals surface area contributed by atoms with Gasteiger partial charge in [-0.15, -0.1) is 0 Å². The highest BCUT2D eigenvalue weighted by molar-refractivity contribution is 7.47. The number of hydrogen-bond acceptors (Lipinski definition) is 5. The summed E-state index contributed by atoms with van der Waals surface area (Å²) in [4.78, 5) is 9.98. The van der Waals surface area contributed by atoms with Crippen molar-refractivity contribution in [2.75, 3.05) is 54.1 Å². The molecule has 0 aliphatic carbocycles. The molecule has 0 aromatic carbocycles. The van der Waals surface area contributed by atoms with E-state index in [0.29, 0.717) is 24.2 Å². The number of ether oxygens (including phenoxy) is 2. The predicted molar refractivity (Wildman–Crippen MR) is 155 cm³/mol. The normalized spacial score (nSPS) is 15.6. The number of likely N-dealkylation sites (N-methyl/N-ethyl adjacent to an activating group) is 1. The summed E-state index contributed by atoms with van der Waals surface area (Å²) in [6.07, 6.45) is 21.9. The Labute approximate surface area is 228 Å². The molecule has 0 radical (unpaired) electrons. The number of phosphoric acid groups is 1. The van der Waals surface area contributed by atoms with Crippen LogP contribution in [0.2, 0.25) is 0 Å². The fourth-order valence-electron chi connectivity index (χ4n) is 3.44. The summed E-state index contributed by atoms with van der Waals surface area (Å²) in [6.45, 7) is 9.68. The maximum absolute atomic E-state index is 12.2. The lowest BCUT2D eigenvalue weighted by molar-refractivity contribution is -0.870. The van der Waals surface area contributed by atoms with Crippen LogP contribution in [-0.4, -0.2) is 75.2 Å². The molecule has 0 heterocycles. The molecule has 0 aromatic heterocycles. The van der Waals surface area contributed by atoms with Crippen LogP contribution in [0.25, 0.3) is 0 Å². The number of quaternary nitrogens is 1. The summed E-state index contributed by atoms with van der Waals surface area (Å²) >= 11 is 0. The fraction of sp³-hybridized carbons (Fsp3) is 0.862. The summed E-state index contributed by atoms with van der Waals surface area (Å²) < 4.78 is 34.9. The molecule has 7 nitrogen and oxygen atoms in total. The Bertz CT molecular complexity index is 639. The van der Waals surface area contributed by atoms with Gasteiger partial charge in [0.15, 0.2) is 0 Å². The molecule has 1 N–H and O–H groups in total. The lowest BCUT2D eigenvalue weighted by Gasteiger charge is -2.28. The van der Waals surface area contributed by atoms with Crippen LogP contribution < -0.4 is 0 Å². The smallest absolute Gasteiger partial charge is 0.379 e. The maximum atomic E-state index is 12.2. The molecule has 0 aliphatic heterocycles. The van der Waals surface area contributed by atoms with Crippen LogP contribution in [-0.2, 0) is 23.1 Å². The summed E-state index contributed by atoms with van der Waals surface area (Å²) in [5.41, 5.74) is -0.418. The largest absolute Gasteiger partial charge is 0.472 e. The van der Waals surface area contributed by atoms with Crippen molar-refractivity contribution in [1.29, 1.82) is 0 Å². The lowest BCUT2D eigenvalue weighted by Crippen LogP contribution is -2.37. The molecule has 8 heteroatoms. The van der Waals surface area contributed by atoms with Gasteiger partial charge in [-0.1, -0.05) is 50.5 Å². The van der Waals surface area contributed by atoms with E-state index in [1.165, 1.54) is 44.9 Å². The second-order valence-corrected chi connectivity index (χ2v) is 13.2. The van der Waals surface area contributed by atoms with Gasteiger partial charge in [0.1, 0.15) is 19.3 Å². The first-order chi connectivity index (χ1) is 17.3. The van der Waals surface area contributed by atoms with Crippen molar-refractivity contribution in [2.45, 2.75) is 110 Å². The van der Waals surface area contributed by atoms with Crippen LogP contribution in [0.4, 0.5) is 0 Å². The molecule has 0 bridgehead atoms. The zero-order valence-corrected chi connectivity index (χ0v) is 26.0. The number of hydrogen-bond donors (Lipinski definition) is 1. The zero-order chi connectivity index (χ0) is 28.0. The quantitative estimate of drug-likeness (QED) is 0.0584. The van der Waals surface area contributed by atoms with Gasteiger partial charge in [0, 0.05) is 6.61 Å². The van der Waals surface area contributed by atoms with Crippen molar-refractivity contribution < 1.29 is 32.5 Å². The van der Waals surface area contributed by atoms with Crippen LogP contribution >= 0.6 is 7.82 Å². The zero-order valence-electron chi connectivity index (χ0n) is 25.1. The first-order valence-electron chi connectivity index (χ1n) is 14.3. The van der Waals surface area contributed by atoms with E-state index in [1.807, 2.05) is 41.9 Å². The standard InChI is InChI=1S/C29H58NO6P/c1-8-9-10-11-12-13-14-15-16-17-18-19-20-21-22-24-33-26-28(36-29(2,3)4)27-35-37(31,32)34-25-23-30(5,6)7/h11-12,17-18,28H,8-10,13-16,19-27H2,1-7H3/p+1/t28-/m1/s1. The number of rotatable bonds is 24. The van der Waals surface area contributed by atoms with E-state index in [1.54, 1.807) is 0 Å². The summed E-state index contributed by atoms with van der Waals surface area (Å²) in [7, 11) is 1.84. The highest BCUT2D eigenvalue weighted by Gasteiger charge is 2.27. The lowest BCUT2D eigenvalue weighted by atomic mass is 10.1. The molecule has 0 aromatic rings. The van der Waals surface area contributed by atoms with E-state index < -0.39 is 19.5 Å². The summed E-state index contributed by atoms with van der Waals surface area (Å²) in [6, 6.07) is 0. The van der Waals surface area contributed by atoms with Gasteiger partial charge in [-0.25, -0.2) is 4.57 Å². The SMILES string of the molecule is CCCCC=CCCCCC=CCCCCCOC[C@H](COP(=O)(O)OCC[N+](C)(C)C)OC(C)(C)C. The van der Waals surface area contributed by atoms with Gasteiger partial charge in [0.25, 0.3) is 0 Å². The minimum atomic E-state index is -4.13. The second-order valence-electron chi connectivity index (χ2n) is 11.8. The van der Waals surface area contributed by atoms with E-state index in [4.69, 9.17) is 18.5 Å². The molecule has 0 spiro atoms. The molecular weight excluding hydrogens is 489 g/mol. The van der Waals surface area contributed by atoms with Gasteiger partial charge in [-0.05, 0) is 72.1 Å². The van der Waals surface area contributed by atoms with Gasteiger partial charge in [-0.3, -0.25) is 9.05 Å². The van der Waals surface area contributed by atoms with Crippen molar-refractivity contribution in [1.82, 2.24) is 0 Å². The molecule has 220 valence electrons. The molecule has 0 amide bonds. The average molecular weight is 549 g/mol. The Balaban J connectivity index is 3.98. The monoisotopic (exact) mass is 548 g/mol. The van der Waals surface area contributed by atoms with Crippen LogP contribution in [0.3, 0.4) is 0 Å². The van der Waals surface area contributed by atoms with Crippen molar-refractivity contribution in [2.24, 2.45) is 0 Å². The van der Waals surface area contributed by atoms with Crippen molar-refractivity contribution in [3.05, 3.63) is 24.3 Å². The molecule has 37 heavy (non-hydrogen) atoms. The summed E-state index contributed by atoms with van der Waals surface area (Å²) in [5.74, 6) is 0. The molecule has 1 unspecified atom stereocenters.